The van der Waals surface area contributed by atoms with Crippen LogP contribution in [-0.4, -0.2) is 47.5 Å². The van der Waals surface area contributed by atoms with E-state index in [1.54, 1.807) is 24.3 Å². The largest absolute Gasteiger partial charge is 0.484 e. The summed E-state index contributed by atoms with van der Waals surface area (Å²) in [6.07, 6.45) is 0. The Kier molecular flexibility index (Phi) is 6.28. The molecule has 4 rings (SSSR count). The highest BCUT2D eigenvalue weighted by molar-refractivity contribution is 5.82. The van der Waals surface area contributed by atoms with Crippen molar-refractivity contribution >= 4 is 16.9 Å². The molecule has 0 N–H and O–H groups in total. The summed E-state index contributed by atoms with van der Waals surface area (Å²) in [5, 5.41) is 0.836. The molecule has 168 valence electrons. The van der Waals surface area contributed by atoms with Crippen LogP contribution in [-0.2, 0) is 11.3 Å². The van der Waals surface area contributed by atoms with E-state index in [1.165, 1.54) is 18.2 Å². The monoisotopic (exact) mass is 438 g/mol. The number of nitrogens with zero attached hydrogens (tertiary/aromatic N) is 2. The molecule has 1 saturated heterocycles. The summed E-state index contributed by atoms with van der Waals surface area (Å²) in [5.74, 6) is 0.154. The minimum atomic E-state index is -0.412. The van der Waals surface area contributed by atoms with Crippen molar-refractivity contribution in [3.05, 3.63) is 75.9 Å². The van der Waals surface area contributed by atoms with Crippen molar-refractivity contribution in [1.82, 2.24) is 9.80 Å². The smallest absolute Gasteiger partial charge is 0.336 e. The Hall–Kier alpha value is -3.19. The maximum atomic E-state index is 13.2. The quantitative estimate of drug-likeness (QED) is 0.568. The first kappa shape index (κ1) is 22.0. The molecular formula is C25H27FN2O4. The number of aryl methyl sites for hydroxylation is 1. The minimum absolute atomic E-state index is 0.0278. The molecule has 2 atom stereocenters. The van der Waals surface area contributed by atoms with Crippen LogP contribution in [0.4, 0.5) is 4.39 Å². The molecule has 3 aromatic rings. The predicted molar refractivity (Wildman–Crippen MR) is 120 cm³/mol. The van der Waals surface area contributed by atoms with Crippen molar-refractivity contribution in [1.29, 1.82) is 0 Å². The number of hydrogen-bond acceptors (Lipinski definition) is 5. The van der Waals surface area contributed by atoms with Crippen LogP contribution in [0, 0.1) is 12.7 Å². The predicted octanol–water partition coefficient (Wildman–Crippen LogP) is 3.74. The molecule has 2 heterocycles. The molecule has 1 aromatic heterocycles. The standard InChI is InChI=1S/C25H27FN2O4/c1-16-10-25(30)32-23-11-21(8-9-22(16)23)31-15-24(29)28-13-17(2)27(12-18(28)3)14-19-4-6-20(26)7-5-19/h4-11,17-18H,12-15H2,1-3H3/t17-,18+/m0/s1. The first-order valence-electron chi connectivity index (χ1n) is 10.8. The van der Waals surface area contributed by atoms with E-state index in [2.05, 4.69) is 11.8 Å². The third-order valence-corrected chi connectivity index (χ3v) is 6.02. The van der Waals surface area contributed by atoms with Gasteiger partial charge < -0.3 is 14.1 Å². The number of hydrogen-bond donors (Lipinski definition) is 0. The molecule has 0 saturated carbocycles. The Morgan fingerprint density at radius 3 is 2.59 bits per heavy atom. The summed E-state index contributed by atoms with van der Waals surface area (Å²) in [6.45, 7) is 7.91. The van der Waals surface area contributed by atoms with Crippen LogP contribution in [0.3, 0.4) is 0 Å². The van der Waals surface area contributed by atoms with Gasteiger partial charge in [0.2, 0.25) is 0 Å². The molecule has 32 heavy (non-hydrogen) atoms. The fourth-order valence-corrected chi connectivity index (χ4v) is 4.21. The van der Waals surface area contributed by atoms with Gasteiger partial charge in [0, 0.05) is 49.2 Å². The minimum Gasteiger partial charge on any atom is -0.484 e. The number of benzene rings is 2. The van der Waals surface area contributed by atoms with E-state index in [-0.39, 0.29) is 30.4 Å². The Balaban J connectivity index is 1.37. The molecule has 1 aliphatic rings. The highest BCUT2D eigenvalue weighted by Crippen LogP contribution is 2.23. The Labute approximate surface area is 186 Å². The molecule has 6 nitrogen and oxygen atoms in total. The van der Waals surface area contributed by atoms with Gasteiger partial charge >= 0.3 is 5.63 Å². The van der Waals surface area contributed by atoms with Gasteiger partial charge in [-0.15, -0.1) is 0 Å². The van der Waals surface area contributed by atoms with E-state index >= 15 is 0 Å². The van der Waals surface area contributed by atoms with E-state index in [4.69, 9.17) is 9.15 Å². The van der Waals surface area contributed by atoms with Crippen molar-refractivity contribution in [2.45, 2.75) is 39.4 Å². The lowest BCUT2D eigenvalue weighted by Crippen LogP contribution is -2.58. The van der Waals surface area contributed by atoms with Crippen LogP contribution in [0.5, 0.6) is 5.75 Å². The van der Waals surface area contributed by atoms with Crippen molar-refractivity contribution < 1.29 is 18.3 Å². The zero-order chi connectivity index (χ0) is 22.8. The van der Waals surface area contributed by atoms with E-state index in [1.807, 2.05) is 24.8 Å². The van der Waals surface area contributed by atoms with Gasteiger partial charge in [-0.2, -0.15) is 0 Å². The highest BCUT2D eigenvalue weighted by Gasteiger charge is 2.32. The third-order valence-electron chi connectivity index (χ3n) is 6.02. The number of fused-ring (bicyclic) bond motifs is 1. The molecule has 2 aromatic carbocycles. The number of amides is 1. The second-order valence-electron chi connectivity index (χ2n) is 8.50. The fraction of sp³-hybridized carbons (Fsp3) is 0.360. The normalized spacial score (nSPS) is 19.3. The first-order valence-corrected chi connectivity index (χ1v) is 10.8. The first-order chi connectivity index (χ1) is 15.3. The zero-order valence-corrected chi connectivity index (χ0v) is 18.5. The highest BCUT2D eigenvalue weighted by atomic mass is 19.1. The second-order valence-corrected chi connectivity index (χ2v) is 8.50. The van der Waals surface area contributed by atoms with Crippen molar-refractivity contribution in [3.8, 4) is 5.75 Å². The van der Waals surface area contributed by atoms with Crippen LogP contribution in [0.2, 0.25) is 0 Å². The number of piperazine rings is 1. The fourth-order valence-electron chi connectivity index (χ4n) is 4.21. The molecule has 1 aliphatic heterocycles. The van der Waals surface area contributed by atoms with Crippen LogP contribution in [0.15, 0.2) is 57.7 Å². The molecule has 0 bridgehead atoms. The van der Waals surface area contributed by atoms with Gasteiger partial charge in [-0.1, -0.05) is 12.1 Å². The Morgan fingerprint density at radius 1 is 1.09 bits per heavy atom. The number of rotatable bonds is 5. The average Bonchev–Trinajstić information content (AvgIpc) is 2.75. The summed E-state index contributed by atoms with van der Waals surface area (Å²) >= 11 is 0. The molecule has 0 unspecified atom stereocenters. The molecule has 0 radical (unpaired) electrons. The molecular weight excluding hydrogens is 411 g/mol. The number of halogens is 1. The SMILES string of the molecule is Cc1cc(=O)oc2cc(OCC(=O)N3C[C@H](C)N(Cc4ccc(F)cc4)C[C@H]3C)ccc12. The topological polar surface area (TPSA) is 63.0 Å². The Morgan fingerprint density at radius 2 is 1.84 bits per heavy atom. The number of carbonyl (C=O) groups is 1. The van der Waals surface area contributed by atoms with Gasteiger partial charge in [0.05, 0.1) is 0 Å². The maximum absolute atomic E-state index is 13.2. The van der Waals surface area contributed by atoms with Gasteiger partial charge in [0.25, 0.3) is 5.91 Å². The second kappa shape index (κ2) is 9.12. The van der Waals surface area contributed by atoms with Gasteiger partial charge in [0.1, 0.15) is 17.1 Å². The summed E-state index contributed by atoms with van der Waals surface area (Å²) in [6, 6.07) is 13.4. The van der Waals surface area contributed by atoms with Crippen LogP contribution in [0.25, 0.3) is 11.0 Å². The molecule has 0 spiro atoms. The van der Waals surface area contributed by atoms with Crippen molar-refractivity contribution in [2.24, 2.45) is 0 Å². The zero-order valence-electron chi connectivity index (χ0n) is 18.5. The van der Waals surface area contributed by atoms with E-state index < -0.39 is 5.63 Å². The summed E-state index contributed by atoms with van der Waals surface area (Å²) in [5.41, 5.74) is 1.91. The summed E-state index contributed by atoms with van der Waals surface area (Å²) in [7, 11) is 0. The summed E-state index contributed by atoms with van der Waals surface area (Å²) in [4.78, 5) is 28.6. The van der Waals surface area contributed by atoms with Crippen LogP contribution in [0.1, 0.15) is 25.0 Å². The molecule has 7 heteroatoms. The van der Waals surface area contributed by atoms with Gasteiger partial charge in [-0.25, -0.2) is 9.18 Å². The Bertz CT molecular complexity index is 1170. The lowest BCUT2D eigenvalue weighted by Gasteiger charge is -2.44. The maximum Gasteiger partial charge on any atom is 0.336 e. The number of ether oxygens (including phenoxy) is 1. The lowest BCUT2D eigenvalue weighted by atomic mass is 10.1. The molecule has 1 amide bonds. The van der Waals surface area contributed by atoms with Crippen LogP contribution < -0.4 is 10.4 Å². The molecule has 0 aliphatic carbocycles. The average molecular weight is 438 g/mol. The van der Waals surface area contributed by atoms with Gasteiger partial charge in [-0.05, 0) is 56.2 Å². The third kappa shape index (κ3) is 4.83. The van der Waals surface area contributed by atoms with Crippen molar-refractivity contribution in [2.75, 3.05) is 19.7 Å². The lowest BCUT2D eigenvalue weighted by molar-refractivity contribution is -0.139. The van der Waals surface area contributed by atoms with E-state index in [0.29, 0.717) is 24.4 Å². The van der Waals surface area contributed by atoms with Gasteiger partial charge in [0.15, 0.2) is 6.61 Å². The van der Waals surface area contributed by atoms with Crippen LogP contribution >= 0.6 is 0 Å². The van der Waals surface area contributed by atoms with E-state index in [0.717, 1.165) is 23.1 Å². The number of carbonyl (C=O) groups excluding carboxylic acids is 1. The van der Waals surface area contributed by atoms with Gasteiger partial charge in [-0.3, -0.25) is 9.69 Å². The molecule has 1 fully saturated rings. The van der Waals surface area contributed by atoms with E-state index in [9.17, 15) is 14.0 Å². The summed E-state index contributed by atoms with van der Waals surface area (Å²) < 4.78 is 24.1. The van der Waals surface area contributed by atoms with Crippen molar-refractivity contribution in [3.63, 3.8) is 0 Å².